The third-order valence-corrected chi connectivity index (χ3v) is 3.82. The number of terminal acetylenes is 1. The van der Waals surface area contributed by atoms with E-state index in [9.17, 15) is 10.2 Å². The maximum atomic E-state index is 9.52. The summed E-state index contributed by atoms with van der Waals surface area (Å²) in [6, 6.07) is 16.4. The standard InChI is InChI=1S/C14H12N2O2.C6H4/c1-2-9-10(4-6-13(18)14(9)16)8-3-5-12(17)11(15)7-8;1-2-5-4-6(5)3-1/h1,3-7,17-18H,15-16H2;1-4H. The first-order valence-corrected chi connectivity index (χ1v) is 7.28. The fraction of sp³-hybridized carbons (Fsp3) is 0. The van der Waals surface area contributed by atoms with E-state index in [1.165, 1.54) is 23.3 Å². The highest BCUT2D eigenvalue weighted by atomic mass is 16.3. The molecule has 2 aromatic rings. The highest BCUT2D eigenvalue weighted by molar-refractivity contribution is 5.82. The normalized spacial score (nSPS) is 10.3. The number of phenolic OH excluding ortho intramolecular Hbond substituents is 2. The number of benzene rings is 3. The van der Waals surface area contributed by atoms with Crippen molar-refractivity contribution in [2.75, 3.05) is 11.5 Å². The minimum atomic E-state index is -0.0570. The second-order valence-corrected chi connectivity index (χ2v) is 5.42. The van der Waals surface area contributed by atoms with E-state index in [1.807, 2.05) is 0 Å². The molecule has 0 saturated heterocycles. The molecular formula is C20H16N2O2. The average Bonchev–Trinajstić information content (AvgIpc) is 3.18. The van der Waals surface area contributed by atoms with Crippen LogP contribution in [0.1, 0.15) is 5.56 Å². The Kier molecular flexibility index (Phi) is 3.77. The van der Waals surface area contributed by atoms with Crippen molar-refractivity contribution in [3.05, 3.63) is 60.2 Å². The van der Waals surface area contributed by atoms with Gasteiger partial charge in [-0.15, -0.1) is 6.42 Å². The van der Waals surface area contributed by atoms with E-state index in [2.05, 4.69) is 30.2 Å². The Morgan fingerprint density at radius 1 is 0.792 bits per heavy atom. The largest absolute Gasteiger partial charge is 0.506 e. The lowest BCUT2D eigenvalue weighted by molar-refractivity contribution is 0.477. The van der Waals surface area contributed by atoms with Crippen LogP contribution in [0.3, 0.4) is 0 Å². The predicted octanol–water partition coefficient (Wildman–Crippen LogP) is 3.58. The van der Waals surface area contributed by atoms with Crippen LogP contribution in [0, 0.1) is 12.3 Å². The zero-order valence-corrected chi connectivity index (χ0v) is 12.8. The molecule has 0 atom stereocenters. The molecule has 2 aromatic carbocycles. The van der Waals surface area contributed by atoms with Crippen molar-refractivity contribution in [2.24, 2.45) is 0 Å². The van der Waals surface area contributed by atoms with Crippen molar-refractivity contribution in [2.45, 2.75) is 0 Å². The van der Waals surface area contributed by atoms with E-state index in [-0.39, 0.29) is 22.9 Å². The molecule has 4 rings (SSSR count). The topological polar surface area (TPSA) is 92.5 Å². The summed E-state index contributed by atoms with van der Waals surface area (Å²) >= 11 is 0. The number of fused-ring (bicyclic) bond motifs is 1. The summed E-state index contributed by atoms with van der Waals surface area (Å²) in [4.78, 5) is 0. The molecule has 0 saturated carbocycles. The zero-order valence-electron chi connectivity index (χ0n) is 12.8. The molecule has 4 heteroatoms. The lowest BCUT2D eigenvalue weighted by Gasteiger charge is -2.10. The second kappa shape index (κ2) is 5.90. The Balaban J connectivity index is 0.000000231. The number of hydrogen-bond donors (Lipinski definition) is 4. The molecule has 0 fully saturated rings. The summed E-state index contributed by atoms with van der Waals surface area (Å²) in [5.74, 6) is 2.40. The van der Waals surface area contributed by atoms with Crippen LogP contribution in [-0.2, 0) is 0 Å². The Morgan fingerprint density at radius 2 is 1.46 bits per heavy atom. The Bertz CT molecular complexity index is 955. The van der Waals surface area contributed by atoms with E-state index >= 15 is 0 Å². The molecule has 118 valence electrons. The van der Waals surface area contributed by atoms with Gasteiger partial charge < -0.3 is 21.7 Å². The molecule has 0 heterocycles. The quantitative estimate of drug-likeness (QED) is 0.245. The smallest absolute Gasteiger partial charge is 0.139 e. The van der Waals surface area contributed by atoms with Crippen LogP contribution >= 0.6 is 0 Å². The fourth-order valence-electron chi connectivity index (χ4n) is 2.40. The van der Waals surface area contributed by atoms with Gasteiger partial charge in [0.2, 0.25) is 0 Å². The number of aromatic hydroxyl groups is 2. The Labute approximate surface area is 140 Å². The molecule has 0 aromatic heterocycles. The van der Waals surface area contributed by atoms with Gasteiger partial charge in [-0.2, -0.15) is 0 Å². The van der Waals surface area contributed by atoms with Crippen molar-refractivity contribution in [3.8, 4) is 46.1 Å². The molecule has 2 aliphatic carbocycles. The van der Waals surface area contributed by atoms with Gasteiger partial charge in [-0.3, -0.25) is 0 Å². The molecule has 0 spiro atoms. The molecule has 4 nitrogen and oxygen atoms in total. The number of hydrogen-bond acceptors (Lipinski definition) is 4. The molecule has 0 unspecified atom stereocenters. The molecule has 0 radical (unpaired) electrons. The van der Waals surface area contributed by atoms with Gasteiger partial charge >= 0.3 is 0 Å². The van der Waals surface area contributed by atoms with Gasteiger partial charge in [0, 0.05) is 0 Å². The lowest BCUT2D eigenvalue weighted by atomic mass is 9.97. The maximum absolute atomic E-state index is 9.52. The van der Waals surface area contributed by atoms with E-state index in [0.717, 1.165) is 5.56 Å². The van der Waals surface area contributed by atoms with Gasteiger partial charge in [-0.05, 0) is 52.6 Å². The second-order valence-electron chi connectivity index (χ2n) is 5.42. The highest BCUT2D eigenvalue weighted by Gasteiger charge is 2.11. The van der Waals surface area contributed by atoms with Crippen molar-refractivity contribution in [1.82, 2.24) is 0 Å². The lowest BCUT2D eigenvalue weighted by Crippen LogP contribution is -1.95. The minimum absolute atomic E-state index is 0.00718. The van der Waals surface area contributed by atoms with Crippen LogP contribution < -0.4 is 11.5 Å². The van der Waals surface area contributed by atoms with E-state index in [0.29, 0.717) is 11.1 Å². The molecule has 0 bridgehead atoms. The summed E-state index contributed by atoms with van der Waals surface area (Å²) in [6.45, 7) is 0. The summed E-state index contributed by atoms with van der Waals surface area (Å²) in [5.41, 5.74) is 16.4. The zero-order chi connectivity index (χ0) is 17.3. The van der Waals surface area contributed by atoms with Crippen LogP contribution in [-0.4, -0.2) is 10.2 Å². The molecular weight excluding hydrogens is 300 g/mol. The van der Waals surface area contributed by atoms with Crippen LogP contribution in [0.15, 0.2) is 54.6 Å². The van der Waals surface area contributed by atoms with Crippen LogP contribution in [0.4, 0.5) is 11.4 Å². The number of nitrogens with two attached hydrogens (primary N) is 2. The van der Waals surface area contributed by atoms with Crippen molar-refractivity contribution < 1.29 is 10.2 Å². The average molecular weight is 316 g/mol. The monoisotopic (exact) mass is 316 g/mol. The molecule has 0 amide bonds. The molecule has 0 aliphatic heterocycles. The van der Waals surface area contributed by atoms with Crippen molar-refractivity contribution in [1.29, 1.82) is 0 Å². The number of phenols is 2. The van der Waals surface area contributed by atoms with Gasteiger partial charge in [0.1, 0.15) is 11.5 Å². The Hall–Kier alpha value is -3.58. The first kappa shape index (κ1) is 15.3. The van der Waals surface area contributed by atoms with Crippen LogP contribution in [0.2, 0.25) is 0 Å². The molecule has 24 heavy (non-hydrogen) atoms. The SMILES string of the molecule is C#Cc1c(-c2ccc(O)c(N)c2)ccc(O)c1N.c1cc2cc-2c1. The number of rotatable bonds is 1. The van der Waals surface area contributed by atoms with Gasteiger partial charge in [-0.1, -0.05) is 30.2 Å². The first-order chi connectivity index (χ1) is 11.5. The fourth-order valence-corrected chi connectivity index (χ4v) is 2.40. The van der Waals surface area contributed by atoms with Gasteiger partial charge in [-0.25, -0.2) is 0 Å². The van der Waals surface area contributed by atoms with Gasteiger partial charge in [0.15, 0.2) is 0 Å². The van der Waals surface area contributed by atoms with E-state index < -0.39 is 0 Å². The minimum Gasteiger partial charge on any atom is -0.506 e. The molecule has 2 aliphatic rings. The van der Waals surface area contributed by atoms with Crippen LogP contribution in [0.5, 0.6) is 11.5 Å². The Morgan fingerprint density at radius 3 is 1.96 bits per heavy atom. The highest BCUT2D eigenvalue weighted by Crippen LogP contribution is 2.35. The third kappa shape index (κ3) is 2.83. The number of nitrogen functional groups attached to an aromatic ring is 2. The summed E-state index contributed by atoms with van der Waals surface area (Å²) < 4.78 is 0. The summed E-state index contributed by atoms with van der Waals surface area (Å²) in [6.07, 6.45) is 5.40. The third-order valence-electron chi connectivity index (χ3n) is 3.82. The van der Waals surface area contributed by atoms with Crippen molar-refractivity contribution >= 4 is 11.4 Å². The van der Waals surface area contributed by atoms with Gasteiger partial charge in [0.05, 0.1) is 16.9 Å². The predicted molar refractivity (Wildman–Crippen MR) is 97.4 cm³/mol. The molecule has 6 N–H and O–H groups in total. The van der Waals surface area contributed by atoms with E-state index in [4.69, 9.17) is 17.9 Å². The maximum Gasteiger partial charge on any atom is 0.139 e. The number of anilines is 2. The first-order valence-electron chi connectivity index (χ1n) is 7.28. The van der Waals surface area contributed by atoms with Crippen LogP contribution in [0.25, 0.3) is 22.3 Å². The summed E-state index contributed by atoms with van der Waals surface area (Å²) in [5, 5.41) is 18.9. The van der Waals surface area contributed by atoms with E-state index in [1.54, 1.807) is 18.2 Å². The van der Waals surface area contributed by atoms with Crippen molar-refractivity contribution in [3.63, 3.8) is 0 Å². The summed E-state index contributed by atoms with van der Waals surface area (Å²) in [7, 11) is 0. The van der Waals surface area contributed by atoms with Gasteiger partial charge in [0.25, 0.3) is 0 Å².